The van der Waals surface area contributed by atoms with E-state index < -0.39 is 0 Å². The zero-order valence-corrected chi connectivity index (χ0v) is 22.8. The molecule has 0 N–H and O–H groups in total. The van der Waals surface area contributed by atoms with Crippen LogP contribution in [-0.2, 0) is 12.8 Å². The normalized spacial score (nSPS) is 11.4. The maximum atomic E-state index is 4.78. The minimum atomic E-state index is 0.904. The lowest BCUT2D eigenvalue weighted by atomic mass is 10.0. The molecule has 0 aromatic carbocycles. The van der Waals surface area contributed by atoms with E-state index in [1.54, 1.807) is 0 Å². The van der Waals surface area contributed by atoms with Gasteiger partial charge in [0.15, 0.2) is 0 Å². The van der Waals surface area contributed by atoms with Crippen molar-refractivity contribution in [1.82, 2.24) is 15.0 Å². The van der Waals surface area contributed by atoms with E-state index in [0.29, 0.717) is 0 Å². The Morgan fingerprint density at radius 1 is 0.364 bits per heavy atom. The summed E-state index contributed by atoms with van der Waals surface area (Å²) in [6, 6.07) is 0. The molecule has 0 saturated carbocycles. The van der Waals surface area contributed by atoms with Crippen LogP contribution in [0, 0.1) is 6.92 Å². The van der Waals surface area contributed by atoms with Crippen LogP contribution in [0.4, 0.5) is 0 Å². The summed E-state index contributed by atoms with van der Waals surface area (Å²) >= 11 is 0. The molecular formula is C30H57N3. The molecule has 192 valence electrons. The lowest BCUT2D eigenvalue weighted by molar-refractivity contribution is 0.544. The third-order valence-corrected chi connectivity index (χ3v) is 6.85. The van der Waals surface area contributed by atoms with E-state index in [9.17, 15) is 0 Å². The molecule has 3 nitrogen and oxygen atoms in total. The van der Waals surface area contributed by atoms with Gasteiger partial charge in [-0.2, -0.15) is 0 Å². The van der Waals surface area contributed by atoms with Gasteiger partial charge in [-0.1, -0.05) is 142 Å². The van der Waals surface area contributed by atoms with Crippen molar-refractivity contribution in [2.75, 3.05) is 0 Å². The Morgan fingerprint density at radius 2 is 0.636 bits per heavy atom. The number of unbranched alkanes of at least 4 members (excludes halogenated alkanes) is 20. The molecule has 0 aliphatic heterocycles. The first kappa shape index (κ1) is 30.0. The van der Waals surface area contributed by atoms with Crippen LogP contribution in [0.5, 0.6) is 0 Å². The highest BCUT2D eigenvalue weighted by molar-refractivity contribution is 4.96. The van der Waals surface area contributed by atoms with Gasteiger partial charge in [-0.15, -0.1) is 0 Å². The van der Waals surface area contributed by atoms with Gasteiger partial charge in [-0.3, -0.25) is 0 Å². The number of nitrogens with zero attached hydrogens (tertiary/aromatic N) is 3. The molecule has 33 heavy (non-hydrogen) atoms. The monoisotopic (exact) mass is 459 g/mol. The average molecular weight is 460 g/mol. The molecular weight excluding hydrogens is 402 g/mol. The predicted octanol–water partition coefficient (Wildman–Crippen LogP) is 9.89. The summed E-state index contributed by atoms with van der Waals surface area (Å²) < 4.78 is 0. The van der Waals surface area contributed by atoms with Gasteiger partial charge in [-0.25, -0.2) is 15.0 Å². The Balaban J connectivity index is 2.02. The van der Waals surface area contributed by atoms with Crippen molar-refractivity contribution < 1.29 is 0 Å². The van der Waals surface area contributed by atoms with E-state index in [1.807, 2.05) is 6.92 Å². The number of aryl methyl sites for hydroxylation is 3. The van der Waals surface area contributed by atoms with Crippen molar-refractivity contribution in [3.8, 4) is 0 Å². The average Bonchev–Trinajstić information content (AvgIpc) is 2.80. The number of rotatable bonds is 24. The summed E-state index contributed by atoms with van der Waals surface area (Å²) in [5.41, 5.74) is 0. The minimum Gasteiger partial charge on any atom is -0.218 e. The van der Waals surface area contributed by atoms with Crippen molar-refractivity contribution >= 4 is 0 Å². The second kappa shape index (κ2) is 22.8. The fourth-order valence-electron chi connectivity index (χ4n) is 4.72. The molecule has 1 heterocycles. The zero-order chi connectivity index (χ0) is 23.8. The highest BCUT2D eigenvalue weighted by Crippen LogP contribution is 2.14. The van der Waals surface area contributed by atoms with E-state index >= 15 is 0 Å². The zero-order valence-electron chi connectivity index (χ0n) is 22.8. The van der Waals surface area contributed by atoms with Gasteiger partial charge in [0.25, 0.3) is 0 Å². The molecule has 0 amide bonds. The summed E-state index contributed by atoms with van der Waals surface area (Å²) in [7, 11) is 0. The molecule has 0 atom stereocenters. The third kappa shape index (κ3) is 19.1. The van der Waals surface area contributed by atoms with Gasteiger partial charge in [0.1, 0.15) is 17.5 Å². The molecule has 1 rings (SSSR count). The number of hydrogen-bond acceptors (Lipinski definition) is 3. The molecule has 0 bridgehead atoms. The molecule has 0 unspecified atom stereocenters. The SMILES string of the molecule is CCCCCCCCCCCCCc1nc(C)nc(CCCCCCCCCCCCC)n1. The van der Waals surface area contributed by atoms with E-state index in [4.69, 9.17) is 4.98 Å². The van der Waals surface area contributed by atoms with Gasteiger partial charge in [0, 0.05) is 12.8 Å². The fraction of sp³-hybridized carbons (Fsp3) is 0.900. The second-order valence-electron chi connectivity index (χ2n) is 10.3. The van der Waals surface area contributed by atoms with Crippen molar-refractivity contribution in [2.45, 2.75) is 175 Å². The molecule has 3 heteroatoms. The van der Waals surface area contributed by atoms with Gasteiger partial charge in [-0.05, 0) is 19.8 Å². The standard InChI is InChI=1S/C30H57N3/c1-4-6-8-10-12-14-16-18-20-22-24-26-29-31-28(3)32-30(33-29)27-25-23-21-19-17-15-13-11-9-7-5-2/h4-27H2,1-3H3. The number of hydrogen-bond donors (Lipinski definition) is 0. The Hall–Kier alpha value is -0.990. The summed E-state index contributed by atoms with van der Waals surface area (Å²) in [5.74, 6) is 2.95. The first-order chi connectivity index (χ1) is 16.3. The maximum absolute atomic E-state index is 4.78. The third-order valence-electron chi connectivity index (χ3n) is 6.85. The van der Waals surface area contributed by atoms with E-state index in [-0.39, 0.29) is 0 Å². The van der Waals surface area contributed by atoms with Crippen LogP contribution in [0.25, 0.3) is 0 Å². The van der Waals surface area contributed by atoms with E-state index in [0.717, 1.165) is 30.3 Å². The highest BCUT2D eigenvalue weighted by Gasteiger charge is 2.05. The van der Waals surface area contributed by atoms with Gasteiger partial charge in [0.2, 0.25) is 0 Å². The van der Waals surface area contributed by atoms with Crippen LogP contribution in [0.2, 0.25) is 0 Å². The summed E-state index contributed by atoms with van der Waals surface area (Å²) in [4.78, 5) is 14.0. The Morgan fingerprint density at radius 3 is 0.939 bits per heavy atom. The van der Waals surface area contributed by atoms with Crippen molar-refractivity contribution in [3.63, 3.8) is 0 Å². The topological polar surface area (TPSA) is 38.7 Å². The fourth-order valence-corrected chi connectivity index (χ4v) is 4.72. The van der Waals surface area contributed by atoms with Crippen LogP contribution >= 0.6 is 0 Å². The maximum Gasteiger partial charge on any atom is 0.132 e. The lowest BCUT2D eigenvalue weighted by Crippen LogP contribution is -2.06. The van der Waals surface area contributed by atoms with E-state index in [1.165, 1.54) is 141 Å². The van der Waals surface area contributed by atoms with Crippen LogP contribution in [-0.4, -0.2) is 15.0 Å². The van der Waals surface area contributed by atoms with Crippen molar-refractivity contribution in [1.29, 1.82) is 0 Å². The predicted molar refractivity (Wildman–Crippen MR) is 145 cm³/mol. The molecule has 1 aromatic rings. The highest BCUT2D eigenvalue weighted by atomic mass is 15.0. The van der Waals surface area contributed by atoms with Gasteiger partial charge < -0.3 is 0 Å². The van der Waals surface area contributed by atoms with Crippen molar-refractivity contribution in [3.05, 3.63) is 17.5 Å². The minimum absolute atomic E-state index is 0.904. The van der Waals surface area contributed by atoms with Gasteiger partial charge >= 0.3 is 0 Å². The first-order valence-electron chi connectivity index (χ1n) is 15.0. The summed E-state index contributed by atoms with van der Waals surface area (Å²) in [6.45, 7) is 6.60. The quantitative estimate of drug-likeness (QED) is 0.144. The van der Waals surface area contributed by atoms with Crippen LogP contribution in [0.1, 0.15) is 173 Å². The molecule has 1 aromatic heterocycles. The van der Waals surface area contributed by atoms with Crippen LogP contribution in [0.15, 0.2) is 0 Å². The van der Waals surface area contributed by atoms with E-state index in [2.05, 4.69) is 23.8 Å². The van der Waals surface area contributed by atoms with Gasteiger partial charge in [0.05, 0.1) is 0 Å². The molecule has 0 spiro atoms. The molecule has 0 radical (unpaired) electrons. The Kier molecular flexibility index (Phi) is 20.7. The van der Waals surface area contributed by atoms with Crippen LogP contribution < -0.4 is 0 Å². The molecule has 0 aliphatic rings. The molecule has 0 aliphatic carbocycles. The molecule has 0 fully saturated rings. The van der Waals surface area contributed by atoms with Crippen molar-refractivity contribution in [2.24, 2.45) is 0 Å². The Labute approximate surface area is 207 Å². The summed E-state index contributed by atoms with van der Waals surface area (Å²) in [6.07, 6.45) is 32.5. The Bertz CT molecular complexity index is 499. The molecule has 0 saturated heterocycles. The lowest BCUT2D eigenvalue weighted by Gasteiger charge is -2.06. The first-order valence-corrected chi connectivity index (χ1v) is 15.0. The smallest absolute Gasteiger partial charge is 0.132 e. The van der Waals surface area contributed by atoms with Crippen LogP contribution in [0.3, 0.4) is 0 Å². The number of aromatic nitrogens is 3. The largest absolute Gasteiger partial charge is 0.218 e. The second-order valence-corrected chi connectivity index (χ2v) is 10.3. The summed E-state index contributed by atoms with van der Waals surface area (Å²) in [5, 5.41) is 0.